The summed E-state index contributed by atoms with van der Waals surface area (Å²) in [7, 11) is 0. The Morgan fingerprint density at radius 2 is 2.32 bits per heavy atom. The Balaban J connectivity index is 2.06. The number of aromatic nitrogens is 1. The second-order valence-corrected chi connectivity index (χ2v) is 5.42. The second kappa shape index (κ2) is 5.50. The number of amides is 1. The predicted octanol–water partition coefficient (Wildman–Crippen LogP) is 0.511. The number of aliphatic hydroxyl groups is 1. The summed E-state index contributed by atoms with van der Waals surface area (Å²) < 4.78 is 0. The molecule has 0 bridgehead atoms. The Hall–Kier alpha value is -1.73. The summed E-state index contributed by atoms with van der Waals surface area (Å²) >= 11 is 1.47. The van der Waals surface area contributed by atoms with Crippen LogP contribution in [0.15, 0.2) is 11.5 Å². The van der Waals surface area contributed by atoms with E-state index < -0.39 is 24.0 Å². The van der Waals surface area contributed by atoms with E-state index in [0.29, 0.717) is 5.69 Å². The molecule has 1 amide bonds. The van der Waals surface area contributed by atoms with Gasteiger partial charge in [0, 0.05) is 24.4 Å². The Labute approximate surface area is 114 Å². The van der Waals surface area contributed by atoms with Crippen LogP contribution in [0, 0.1) is 6.92 Å². The minimum Gasteiger partial charge on any atom is -0.480 e. The van der Waals surface area contributed by atoms with E-state index in [2.05, 4.69) is 4.98 Å². The van der Waals surface area contributed by atoms with Gasteiger partial charge in [-0.25, -0.2) is 9.78 Å². The molecule has 1 saturated heterocycles. The number of aryl methyl sites for hydroxylation is 1. The van der Waals surface area contributed by atoms with Gasteiger partial charge in [-0.1, -0.05) is 0 Å². The van der Waals surface area contributed by atoms with Gasteiger partial charge in [-0.15, -0.1) is 11.3 Å². The number of hydrogen-bond acceptors (Lipinski definition) is 5. The van der Waals surface area contributed by atoms with Gasteiger partial charge in [-0.3, -0.25) is 4.79 Å². The Bertz CT molecular complexity index is 526. The number of β-amino-alcohol motifs (C(OH)–C–C–N with tert-alkyl or cyclic N) is 1. The first kappa shape index (κ1) is 13.7. The van der Waals surface area contributed by atoms with Crippen molar-refractivity contribution >= 4 is 29.3 Å². The molecule has 2 rings (SSSR count). The summed E-state index contributed by atoms with van der Waals surface area (Å²) in [6, 6.07) is -0.954. The van der Waals surface area contributed by atoms with Crippen LogP contribution in [0.4, 0.5) is 0 Å². The molecule has 2 heterocycles. The molecule has 7 heteroatoms. The normalized spacial score (nSPS) is 23.2. The second-order valence-electron chi connectivity index (χ2n) is 4.36. The molecule has 19 heavy (non-hydrogen) atoms. The summed E-state index contributed by atoms with van der Waals surface area (Å²) in [4.78, 5) is 28.3. The highest BCUT2D eigenvalue weighted by atomic mass is 32.1. The monoisotopic (exact) mass is 282 g/mol. The molecule has 0 unspecified atom stereocenters. The lowest BCUT2D eigenvalue weighted by atomic mass is 10.2. The fourth-order valence-corrected chi connectivity index (χ4v) is 2.58. The van der Waals surface area contributed by atoms with E-state index in [9.17, 15) is 14.7 Å². The summed E-state index contributed by atoms with van der Waals surface area (Å²) in [6.07, 6.45) is 2.14. The molecule has 0 aromatic carbocycles. The number of rotatable bonds is 3. The van der Waals surface area contributed by atoms with E-state index >= 15 is 0 Å². The van der Waals surface area contributed by atoms with Crippen LogP contribution in [0.1, 0.15) is 17.1 Å². The fraction of sp³-hybridized carbons (Fsp3) is 0.417. The van der Waals surface area contributed by atoms with Crippen LogP contribution in [-0.2, 0) is 9.59 Å². The van der Waals surface area contributed by atoms with Crippen molar-refractivity contribution < 1.29 is 19.8 Å². The zero-order valence-electron chi connectivity index (χ0n) is 10.3. The number of likely N-dealkylation sites (tertiary alicyclic amines) is 1. The first-order valence-electron chi connectivity index (χ1n) is 5.79. The smallest absolute Gasteiger partial charge is 0.326 e. The molecule has 2 N–H and O–H groups in total. The third-order valence-electron chi connectivity index (χ3n) is 2.88. The van der Waals surface area contributed by atoms with E-state index in [4.69, 9.17) is 5.11 Å². The molecule has 0 aliphatic carbocycles. The highest BCUT2D eigenvalue weighted by Crippen LogP contribution is 2.19. The predicted molar refractivity (Wildman–Crippen MR) is 69.6 cm³/mol. The van der Waals surface area contributed by atoms with Crippen LogP contribution in [0.3, 0.4) is 0 Å². The van der Waals surface area contributed by atoms with Gasteiger partial charge in [0.05, 0.1) is 16.8 Å². The topological polar surface area (TPSA) is 90.7 Å². The lowest BCUT2D eigenvalue weighted by Crippen LogP contribution is -2.39. The molecule has 1 aromatic rings. The summed E-state index contributed by atoms with van der Waals surface area (Å²) in [5, 5.41) is 21.2. The summed E-state index contributed by atoms with van der Waals surface area (Å²) in [5.41, 5.74) is 0.669. The molecular formula is C12H14N2O4S. The van der Waals surface area contributed by atoms with Gasteiger partial charge in [0.2, 0.25) is 5.91 Å². The van der Waals surface area contributed by atoms with E-state index in [1.54, 1.807) is 6.08 Å². The van der Waals surface area contributed by atoms with E-state index in [0.717, 1.165) is 5.01 Å². The van der Waals surface area contributed by atoms with Crippen LogP contribution in [0.2, 0.25) is 0 Å². The van der Waals surface area contributed by atoms with Crippen LogP contribution < -0.4 is 0 Å². The highest BCUT2D eigenvalue weighted by molar-refractivity contribution is 7.09. The van der Waals surface area contributed by atoms with Crippen LogP contribution in [0.25, 0.3) is 6.08 Å². The van der Waals surface area contributed by atoms with Gasteiger partial charge >= 0.3 is 5.97 Å². The zero-order chi connectivity index (χ0) is 14.0. The molecule has 0 radical (unpaired) electrons. The van der Waals surface area contributed by atoms with Crippen LogP contribution in [0.5, 0.6) is 0 Å². The largest absolute Gasteiger partial charge is 0.480 e. The van der Waals surface area contributed by atoms with Crippen molar-refractivity contribution in [3.05, 3.63) is 22.2 Å². The van der Waals surface area contributed by atoms with Crippen molar-refractivity contribution in [3.8, 4) is 0 Å². The minimum atomic E-state index is -1.09. The maximum Gasteiger partial charge on any atom is 0.326 e. The van der Waals surface area contributed by atoms with Crippen molar-refractivity contribution in [2.45, 2.75) is 25.5 Å². The number of carboxylic acids is 1. The molecule has 1 aliphatic rings. The van der Waals surface area contributed by atoms with Gasteiger partial charge in [0.15, 0.2) is 0 Å². The third-order valence-corrected chi connectivity index (χ3v) is 3.67. The summed E-state index contributed by atoms with van der Waals surface area (Å²) in [6.45, 7) is 1.91. The average molecular weight is 282 g/mol. The molecule has 0 saturated carbocycles. The molecule has 2 atom stereocenters. The lowest BCUT2D eigenvalue weighted by molar-refractivity contribution is -0.146. The van der Waals surface area contributed by atoms with Crippen LogP contribution >= 0.6 is 11.3 Å². The van der Waals surface area contributed by atoms with Gasteiger partial charge in [0.1, 0.15) is 6.04 Å². The SMILES string of the molecule is Cc1nc(C=CC(=O)N2C[C@@H](O)C[C@H]2C(=O)O)cs1. The molecule has 0 spiro atoms. The van der Waals surface area contributed by atoms with Crippen molar-refractivity contribution in [2.24, 2.45) is 0 Å². The molecule has 1 aliphatic heterocycles. The molecule has 102 valence electrons. The Morgan fingerprint density at radius 3 is 2.89 bits per heavy atom. The van der Waals surface area contributed by atoms with Gasteiger partial charge in [-0.05, 0) is 13.0 Å². The minimum absolute atomic E-state index is 0.0518. The highest BCUT2D eigenvalue weighted by Gasteiger charge is 2.37. The van der Waals surface area contributed by atoms with Crippen molar-refractivity contribution in [3.63, 3.8) is 0 Å². The maximum absolute atomic E-state index is 11.9. The maximum atomic E-state index is 11.9. The molecular weight excluding hydrogens is 268 g/mol. The van der Waals surface area contributed by atoms with Crippen LogP contribution in [-0.4, -0.2) is 50.7 Å². The number of aliphatic hydroxyl groups excluding tert-OH is 1. The number of nitrogens with zero attached hydrogens (tertiary/aromatic N) is 2. The Morgan fingerprint density at radius 1 is 1.58 bits per heavy atom. The molecule has 1 fully saturated rings. The quantitative estimate of drug-likeness (QED) is 0.788. The standard InChI is InChI=1S/C12H14N2O4S/c1-7-13-8(6-19-7)2-3-11(16)14-5-9(15)4-10(14)12(17)18/h2-3,6,9-10,15H,4-5H2,1H3,(H,17,18)/t9-,10-/m0/s1. The first-order chi connectivity index (χ1) is 8.97. The van der Waals surface area contributed by atoms with E-state index in [-0.39, 0.29) is 13.0 Å². The fourth-order valence-electron chi connectivity index (χ4n) is 2.00. The number of carbonyl (C=O) groups excluding carboxylic acids is 1. The number of thiazole rings is 1. The van der Waals surface area contributed by atoms with Crippen molar-refractivity contribution in [1.82, 2.24) is 9.88 Å². The lowest BCUT2D eigenvalue weighted by Gasteiger charge is -2.18. The van der Waals surface area contributed by atoms with Crippen molar-refractivity contribution in [2.75, 3.05) is 6.54 Å². The average Bonchev–Trinajstić information content (AvgIpc) is 2.92. The number of carbonyl (C=O) groups is 2. The number of hydrogen-bond donors (Lipinski definition) is 2. The zero-order valence-corrected chi connectivity index (χ0v) is 11.1. The third kappa shape index (κ3) is 3.18. The number of aliphatic carboxylic acids is 1. The van der Waals surface area contributed by atoms with Gasteiger partial charge < -0.3 is 15.1 Å². The van der Waals surface area contributed by atoms with Crippen molar-refractivity contribution in [1.29, 1.82) is 0 Å². The van der Waals surface area contributed by atoms with Gasteiger partial charge in [0.25, 0.3) is 0 Å². The molecule has 1 aromatic heterocycles. The van der Waals surface area contributed by atoms with Gasteiger partial charge in [-0.2, -0.15) is 0 Å². The number of carboxylic acid groups (broad SMARTS) is 1. The van der Waals surface area contributed by atoms with E-state index in [1.807, 2.05) is 12.3 Å². The molecule has 6 nitrogen and oxygen atoms in total. The Kier molecular flexibility index (Phi) is 3.96. The first-order valence-corrected chi connectivity index (χ1v) is 6.67. The van der Waals surface area contributed by atoms with E-state index in [1.165, 1.54) is 22.3 Å². The summed E-state index contributed by atoms with van der Waals surface area (Å²) in [5.74, 6) is -1.52.